The van der Waals surface area contributed by atoms with Crippen LogP contribution in [0.4, 0.5) is 15.9 Å². The third-order valence-corrected chi connectivity index (χ3v) is 4.67. The molecule has 1 aromatic heterocycles. The number of nitrogens with two attached hydrogens (primary N) is 1. The van der Waals surface area contributed by atoms with E-state index in [1.165, 1.54) is 19.5 Å². The summed E-state index contributed by atoms with van der Waals surface area (Å²) >= 11 is 3.24. The predicted molar refractivity (Wildman–Crippen MR) is 112 cm³/mol. The first-order valence-electron chi connectivity index (χ1n) is 8.94. The maximum Gasteiger partial charge on any atom is 0.217 e. The Kier molecular flexibility index (Phi) is 6.82. The van der Waals surface area contributed by atoms with E-state index >= 15 is 0 Å². The van der Waals surface area contributed by atoms with Gasteiger partial charge in [0.05, 0.1) is 24.9 Å². The van der Waals surface area contributed by atoms with Gasteiger partial charge in [0.1, 0.15) is 18.0 Å². The van der Waals surface area contributed by atoms with Gasteiger partial charge in [-0.05, 0) is 37.1 Å². The third-order valence-electron chi connectivity index (χ3n) is 4.18. The zero-order valence-corrected chi connectivity index (χ0v) is 17.3. The fourth-order valence-corrected chi connectivity index (χ4v) is 3.07. The smallest absolute Gasteiger partial charge is 0.217 e. The van der Waals surface area contributed by atoms with Crippen molar-refractivity contribution in [3.05, 3.63) is 46.9 Å². The van der Waals surface area contributed by atoms with Gasteiger partial charge in [-0.1, -0.05) is 15.9 Å². The Hall–Kier alpha value is -2.94. The van der Waals surface area contributed by atoms with Gasteiger partial charge in [-0.3, -0.25) is 4.79 Å². The van der Waals surface area contributed by atoms with Crippen LogP contribution < -0.4 is 20.5 Å². The molecule has 0 aliphatic heterocycles. The average Bonchev–Trinajstić information content (AvgIpc) is 2.69. The molecule has 7 nitrogen and oxygen atoms in total. The Labute approximate surface area is 175 Å². The van der Waals surface area contributed by atoms with Crippen LogP contribution in [0.25, 0.3) is 10.9 Å². The van der Waals surface area contributed by atoms with E-state index in [0.717, 1.165) is 0 Å². The standard InChI is InChI=1S/C20H20BrFN4O3/c1-28-17-9-13-16(10-18(17)29-7-3-2-4-19(23)27)24-11-25-20(13)26-15-6-5-12(21)8-14(15)22/h5-6,8-11H,2-4,7H2,1H3,(H2,23,27)(H,24,25,26). The topological polar surface area (TPSA) is 99.4 Å². The van der Waals surface area contributed by atoms with Crippen molar-refractivity contribution in [2.45, 2.75) is 19.3 Å². The number of halogens is 2. The van der Waals surface area contributed by atoms with Gasteiger partial charge in [-0.2, -0.15) is 0 Å². The molecule has 3 aromatic rings. The van der Waals surface area contributed by atoms with Gasteiger partial charge in [0.2, 0.25) is 5.91 Å². The normalized spacial score (nSPS) is 10.7. The number of amides is 1. The van der Waals surface area contributed by atoms with Crippen molar-refractivity contribution in [1.82, 2.24) is 9.97 Å². The largest absolute Gasteiger partial charge is 0.493 e. The number of ether oxygens (including phenoxy) is 2. The number of anilines is 2. The van der Waals surface area contributed by atoms with E-state index in [9.17, 15) is 9.18 Å². The number of methoxy groups -OCH3 is 1. The molecule has 29 heavy (non-hydrogen) atoms. The highest BCUT2D eigenvalue weighted by atomic mass is 79.9. The fourth-order valence-electron chi connectivity index (χ4n) is 2.74. The van der Waals surface area contributed by atoms with Gasteiger partial charge in [0, 0.05) is 22.3 Å². The van der Waals surface area contributed by atoms with Crippen LogP contribution in [0.5, 0.6) is 11.5 Å². The number of nitrogens with zero attached hydrogens (tertiary/aromatic N) is 2. The van der Waals surface area contributed by atoms with Gasteiger partial charge < -0.3 is 20.5 Å². The molecule has 0 atom stereocenters. The number of rotatable bonds is 9. The van der Waals surface area contributed by atoms with Crippen LogP contribution in [-0.4, -0.2) is 29.6 Å². The minimum absolute atomic E-state index is 0.293. The summed E-state index contributed by atoms with van der Waals surface area (Å²) in [4.78, 5) is 19.3. The Bertz CT molecular complexity index is 1030. The van der Waals surface area contributed by atoms with Crippen LogP contribution in [0.15, 0.2) is 41.1 Å². The first-order valence-corrected chi connectivity index (χ1v) is 9.73. The second kappa shape index (κ2) is 9.51. The molecule has 0 saturated heterocycles. The lowest BCUT2D eigenvalue weighted by atomic mass is 10.2. The monoisotopic (exact) mass is 462 g/mol. The number of carbonyl (C=O) groups is 1. The summed E-state index contributed by atoms with van der Waals surface area (Å²) in [5, 5.41) is 3.66. The van der Waals surface area contributed by atoms with Crippen molar-refractivity contribution < 1.29 is 18.7 Å². The molecule has 1 amide bonds. The van der Waals surface area contributed by atoms with Crippen molar-refractivity contribution in [2.24, 2.45) is 5.73 Å². The zero-order valence-electron chi connectivity index (χ0n) is 15.7. The van der Waals surface area contributed by atoms with Crippen LogP contribution >= 0.6 is 15.9 Å². The van der Waals surface area contributed by atoms with Gasteiger partial charge in [-0.25, -0.2) is 14.4 Å². The van der Waals surface area contributed by atoms with Crippen molar-refractivity contribution in [3.8, 4) is 11.5 Å². The maximum absolute atomic E-state index is 14.2. The van der Waals surface area contributed by atoms with Crippen LogP contribution in [0.2, 0.25) is 0 Å². The first-order chi connectivity index (χ1) is 14.0. The maximum atomic E-state index is 14.2. The highest BCUT2D eigenvalue weighted by molar-refractivity contribution is 9.10. The summed E-state index contributed by atoms with van der Waals surface area (Å²) in [6.45, 7) is 0.412. The zero-order chi connectivity index (χ0) is 20.8. The van der Waals surface area contributed by atoms with Crippen molar-refractivity contribution >= 4 is 44.2 Å². The number of fused-ring (bicyclic) bond motifs is 1. The number of nitrogens with one attached hydrogen (secondary N) is 1. The molecular weight excluding hydrogens is 443 g/mol. The van der Waals surface area contributed by atoms with Crippen molar-refractivity contribution in [3.63, 3.8) is 0 Å². The van der Waals surface area contributed by atoms with Crippen LogP contribution in [0.1, 0.15) is 19.3 Å². The lowest BCUT2D eigenvalue weighted by Gasteiger charge is -2.14. The summed E-state index contributed by atoms with van der Waals surface area (Å²) in [6, 6.07) is 8.21. The number of carbonyl (C=O) groups excluding carboxylic acids is 1. The van der Waals surface area contributed by atoms with Crippen molar-refractivity contribution in [2.75, 3.05) is 19.0 Å². The van der Waals surface area contributed by atoms with Gasteiger partial charge in [-0.15, -0.1) is 0 Å². The number of unbranched alkanes of at least 4 members (excludes halogenated alkanes) is 1. The quantitative estimate of drug-likeness (QED) is 0.459. The van der Waals surface area contributed by atoms with E-state index in [2.05, 4.69) is 31.2 Å². The molecule has 3 N–H and O–H groups in total. The van der Waals surface area contributed by atoms with E-state index < -0.39 is 5.82 Å². The molecule has 0 aliphatic rings. The molecule has 0 saturated carbocycles. The Morgan fingerprint density at radius 1 is 1.21 bits per heavy atom. The lowest BCUT2D eigenvalue weighted by Crippen LogP contribution is -2.10. The molecule has 0 radical (unpaired) electrons. The second-order valence-electron chi connectivity index (χ2n) is 6.26. The molecule has 3 rings (SSSR count). The molecule has 2 aromatic carbocycles. The van der Waals surface area contributed by atoms with Gasteiger partial charge in [0.15, 0.2) is 11.5 Å². The number of primary amides is 1. The summed E-state index contributed by atoms with van der Waals surface area (Å²) in [5.74, 6) is 0.740. The predicted octanol–water partition coefficient (Wildman–Crippen LogP) is 4.32. The summed E-state index contributed by atoms with van der Waals surface area (Å²) < 4.78 is 26.0. The average molecular weight is 463 g/mol. The SMILES string of the molecule is COc1cc2c(Nc3ccc(Br)cc3F)ncnc2cc1OCCCCC(N)=O. The van der Waals surface area contributed by atoms with Gasteiger partial charge >= 0.3 is 0 Å². The second-order valence-corrected chi connectivity index (χ2v) is 7.18. The fraction of sp³-hybridized carbons (Fsp3) is 0.250. The summed E-state index contributed by atoms with van der Waals surface area (Å²) in [5.41, 5.74) is 6.05. The van der Waals surface area contributed by atoms with Crippen LogP contribution in [-0.2, 0) is 4.79 Å². The summed E-state index contributed by atoms with van der Waals surface area (Å²) in [6.07, 6.45) is 3.06. The molecule has 1 heterocycles. The molecular formula is C20H20BrFN4O3. The Morgan fingerprint density at radius 3 is 2.76 bits per heavy atom. The van der Waals surface area contributed by atoms with E-state index in [0.29, 0.717) is 64.2 Å². The molecule has 9 heteroatoms. The molecule has 0 fully saturated rings. The molecule has 0 unspecified atom stereocenters. The van der Waals surface area contributed by atoms with Crippen molar-refractivity contribution in [1.29, 1.82) is 0 Å². The highest BCUT2D eigenvalue weighted by Gasteiger charge is 2.13. The number of hydrogen-bond acceptors (Lipinski definition) is 6. The van der Waals surface area contributed by atoms with Crippen LogP contribution in [0, 0.1) is 5.82 Å². The Morgan fingerprint density at radius 2 is 2.03 bits per heavy atom. The van der Waals surface area contributed by atoms with Gasteiger partial charge in [0.25, 0.3) is 0 Å². The number of aromatic nitrogens is 2. The minimum atomic E-state index is -0.408. The summed E-state index contributed by atoms with van der Waals surface area (Å²) in [7, 11) is 1.53. The number of hydrogen-bond donors (Lipinski definition) is 2. The van der Waals surface area contributed by atoms with E-state index in [1.807, 2.05) is 0 Å². The minimum Gasteiger partial charge on any atom is -0.493 e. The molecule has 0 aliphatic carbocycles. The molecule has 0 spiro atoms. The van der Waals surface area contributed by atoms with Crippen LogP contribution in [0.3, 0.4) is 0 Å². The molecule has 152 valence electrons. The third kappa shape index (κ3) is 5.32. The lowest BCUT2D eigenvalue weighted by molar-refractivity contribution is -0.118. The van der Waals surface area contributed by atoms with E-state index in [1.54, 1.807) is 24.3 Å². The van der Waals surface area contributed by atoms with E-state index in [4.69, 9.17) is 15.2 Å². The highest BCUT2D eigenvalue weighted by Crippen LogP contribution is 2.35. The molecule has 0 bridgehead atoms. The number of benzene rings is 2. The Balaban J connectivity index is 1.83. The van der Waals surface area contributed by atoms with E-state index in [-0.39, 0.29) is 5.91 Å². The first kappa shape index (κ1) is 20.8.